The lowest BCUT2D eigenvalue weighted by Gasteiger charge is -2.34. The molecule has 2 aliphatic rings. The van der Waals surface area contributed by atoms with Crippen molar-refractivity contribution < 1.29 is 18.3 Å². The van der Waals surface area contributed by atoms with Crippen LogP contribution in [0.1, 0.15) is 49.3 Å². The summed E-state index contributed by atoms with van der Waals surface area (Å²) in [5.74, 6) is -2.29. The molecule has 2 fully saturated rings. The molecular formula is C14H19F2N3O2. The first-order valence-corrected chi connectivity index (χ1v) is 7.25. The topological polar surface area (TPSA) is 56.2 Å². The Morgan fingerprint density at radius 1 is 1.43 bits per heavy atom. The smallest absolute Gasteiger partial charge is 0.413 e. The van der Waals surface area contributed by atoms with Gasteiger partial charge in [-0.3, -0.25) is 10.00 Å². The molecule has 2 saturated carbocycles. The van der Waals surface area contributed by atoms with Gasteiger partial charge in [0.1, 0.15) is 11.9 Å². The van der Waals surface area contributed by atoms with Gasteiger partial charge in [-0.1, -0.05) is 0 Å². The number of anilines is 1. The number of amides is 1. The van der Waals surface area contributed by atoms with Crippen LogP contribution in [-0.4, -0.2) is 27.9 Å². The Morgan fingerprint density at radius 3 is 2.62 bits per heavy atom. The number of carbonyl (C=O) groups excluding carboxylic acids is 1. The molecule has 0 aliphatic heterocycles. The summed E-state index contributed by atoms with van der Waals surface area (Å²) in [4.78, 5) is 11.8. The van der Waals surface area contributed by atoms with E-state index < -0.39 is 12.0 Å². The number of aromatic nitrogens is 2. The maximum Gasteiger partial charge on any atom is 0.413 e. The zero-order chi connectivity index (χ0) is 15.2. The van der Waals surface area contributed by atoms with Crippen LogP contribution in [0.15, 0.2) is 0 Å². The van der Waals surface area contributed by atoms with Gasteiger partial charge in [-0.05, 0) is 26.2 Å². The number of rotatable bonds is 3. The molecule has 116 valence electrons. The number of carbonyl (C=O) groups is 1. The van der Waals surface area contributed by atoms with E-state index in [2.05, 4.69) is 10.4 Å². The molecule has 1 amide bonds. The highest BCUT2D eigenvalue weighted by atomic mass is 19.3. The number of ether oxygens (including phenoxy) is 1. The van der Waals surface area contributed by atoms with Gasteiger partial charge in [0.05, 0.1) is 5.69 Å². The third kappa shape index (κ3) is 2.73. The maximum absolute atomic E-state index is 13.0. The van der Waals surface area contributed by atoms with Gasteiger partial charge in [-0.2, -0.15) is 5.10 Å². The molecule has 1 heterocycles. The number of nitrogens with zero attached hydrogens (tertiary/aromatic N) is 2. The fraction of sp³-hybridized carbons (Fsp3) is 0.714. The minimum Gasteiger partial charge on any atom is -0.446 e. The summed E-state index contributed by atoms with van der Waals surface area (Å²) in [6, 6.07) is 0. The zero-order valence-corrected chi connectivity index (χ0v) is 12.2. The van der Waals surface area contributed by atoms with E-state index in [1.54, 1.807) is 14.0 Å². The van der Waals surface area contributed by atoms with Crippen LogP contribution >= 0.6 is 0 Å². The van der Waals surface area contributed by atoms with Crippen LogP contribution in [0, 0.1) is 6.92 Å². The Bertz CT molecular complexity index is 559. The molecule has 0 unspecified atom stereocenters. The molecule has 0 saturated heterocycles. The SMILES string of the molecule is Cc1c(C2CC(F)(F)C2)nn(C)c1NC(=O)OC1CCC1. The maximum atomic E-state index is 13.0. The third-order valence-electron chi connectivity index (χ3n) is 4.34. The Kier molecular flexibility index (Phi) is 3.37. The molecule has 1 aromatic heterocycles. The van der Waals surface area contributed by atoms with E-state index in [4.69, 9.17) is 4.74 Å². The lowest BCUT2D eigenvalue weighted by atomic mass is 9.78. The average molecular weight is 299 g/mol. The molecule has 0 spiro atoms. The fourth-order valence-electron chi connectivity index (χ4n) is 2.83. The summed E-state index contributed by atoms with van der Waals surface area (Å²) in [5.41, 5.74) is 1.38. The van der Waals surface area contributed by atoms with Crippen molar-refractivity contribution in [3.05, 3.63) is 11.3 Å². The van der Waals surface area contributed by atoms with Crippen molar-refractivity contribution in [1.82, 2.24) is 9.78 Å². The van der Waals surface area contributed by atoms with Crippen LogP contribution in [0.3, 0.4) is 0 Å². The second-order valence-electron chi connectivity index (χ2n) is 6.03. The van der Waals surface area contributed by atoms with E-state index in [0.717, 1.165) is 24.8 Å². The van der Waals surface area contributed by atoms with Crippen LogP contribution in [-0.2, 0) is 11.8 Å². The zero-order valence-electron chi connectivity index (χ0n) is 12.2. The van der Waals surface area contributed by atoms with Gasteiger partial charge in [-0.15, -0.1) is 0 Å². The van der Waals surface area contributed by atoms with Crippen LogP contribution in [0.2, 0.25) is 0 Å². The lowest BCUT2D eigenvalue weighted by Crippen LogP contribution is -2.34. The molecule has 0 aromatic carbocycles. The minimum absolute atomic E-state index is 0.00308. The standard InChI is InChI=1S/C14H19F2N3O2/c1-8-11(9-6-14(15,16)7-9)18-19(2)12(8)17-13(20)21-10-4-3-5-10/h9-10H,3-7H2,1-2H3,(H,17,20). The van der Waals surface area contributed by atoms with Gasteiger partial charge < -0.3 is 4.74 Å². The highest BCUT2D eigenvalue weighted by molar-refractivity contribution is 5.84. The normalized spacial score (nSPS) is 21.5. The number of alkyl halides is 2. The van der Waals surface area contributed by atoms with Crippen molar-refractivity contribution in [2.24, 2.45) is 7.05 Å². The fourth-order valence-corrected chi connectivity index (χ4v) is 2.83. The van der Waals surface area contributed by atoms with E-state index in [1.165, 1.54) is 4.68 Å². The Balaban J connectivity index is 1.68. The highest BCUT2D eigenvalue weighted by Crippen LogP contribution is 2.49. The predicted molar refractivity (Wildman–Crippen MR) is 72.6 cm³/mol. The molecule has 1 N–H and O–H groups in total. The molecule has 0 radical (unpaired) electrons. The van der Waals surface area contributed by atoms with E-state index in [9.17, 15) is 13.6 Å². The second kappa shape index (κ2) is 4.96. The molecule has 1 aromatic rings. The number of hydrogen-bond donors (Lipinski definition) is 1. The van der Waals surface area contributed by atoms with Crippen molar-refractivity contribution in [2.45, 2.75) is 57.0 Å². The Labute approximate surface area is 121 Å². The average Bonchev–Trinajstić information content (AvgIpc) is 2.58. The van der Waals surface area contributed by atoms with E-state index >= 15 is 0 Å². The van der Waals surface area contributed by atoms with E-state index in [1.807, 2.05) is 0 Å². The second-order valence-corrected chi connectivity index (χ2v) is 6.03. The van der Waals surface area contributed by atoms with Crippen LogP contribution < -0.4 is 5.32 Å². The highest BCUT2D eigenvalue weighted by Gasteiger charge is 2.47. The van der Waals surface area contributed by atoms with E-state index in [-0.39, 0.29) is 24.9 Å². The first kappa shape index (κ1) is 14.3. The summed E-state index contributed by atoms with van der Waals surface area (Å²) >= 11 is 0. The van der Waals surface area contributed by atoms with E-state index in [0.29, 0.717) is 11.5 Å². The molecular weight excluding hydrogens is 280 g/mol. The number of aryl methyl sites for hydroxylation is 1. The van der Waals surface area contributed by atoms with Gasteiger partial charge in [0.15, 0.2) is 0 Å². The van der Waals surface area contributed by atoms with Gasteiger partial charge in [0.25, 0.3) is 0 Å². The van der Waals surface area contributed by atoms with Crippen LogP contribution in [0.4, 0.5) is 19.4 Å². The summed E-state index contributed by atoms with van der Waals surface area (Å²) in [6.07, 6.45) is 2.05. The molecule has 0 atom stereocenters. The lowest BCUT2D eigenvalue weighted by molar-refractivity contribution is -0.0877. The molecule has 21 heavy (non-hydrogen) atoms. The van der Waals surface area contributed by atoms with Crippen molar-refractivity contribution in [2.75, 3.05) is 5.32 Å². The summed E-state index contributed by atoms with van der Waals surface area (Å²) in [6.45, 7) is 1.79. The van der Waals surface area contributed by atoms with Gasteiger partial charge in [0, 0.05) is 31.4 Å². The van der Waals surface area contributed by atoms with Crippen molar-refractivity contribution in [3.63, 3.8) is 0 Å². The van der Waals surface area contributed by atoms with Crippen molar-refractivity contribution in [3.8, 4) is 0 Å². The summed E-state index contributed by atoms with van der Waals surface area (Å²) < 4.78 is 32.7. The first-order chi connectivity index (χ1) is 9.85. The molecule has 2 aliphatic carbocycles. The third-order valence-corrected chi connectivity index (χ3v) is 4.34. The van der Waals surface area contributed by atoms with Crippen LogP contribution in [0.5, 0.6) is 0 Å². The molecule has 0 bridgehead atoms. The molecule has 5 nitrogen and oxygen atoms in total. The number of hydrogen-bond acceptors (Lipinski definition) is 3. The Morgan fingerprint density at radius 2 is 2.10 bits per heavy atom. The minimum atomic E-state index is -2.58. The number of nitrogens with one attached hydrogen (secondary N) is 1. The Hall–Kier alpha value is -1.66. The predicted octanol–water partition coefficient (Wildman–Crippen LogP) is 3.34. The summed E-state index contributed by atoms with van der Waals surface area (Å²) in [5, 5.41) is 6.95. The van der Waals surface area contributed by atoms with Crippen molar-refractivity contribution >= 4 is 11.9 Å². The number of halogens is 2. The molecule has 3 rings (SSSR count). The van der Waals surface area contributed by atoms with Crippen LogP contribution in [0.25, 0.3) is 0 Å². The van der Waals surface area contributed by atoms with Crippen molar-refractivity contribution in [1.29, 1.82) is 0 Å². The van der Waals surface area contributed by atoms with Gasteiger partial charge >= 0.3 is 6.09 Å². The monoisotopic (exact) mass is 299 g/mol. The largest absolute Gasteiger partial charge is 0.446 e. The summed E-state index contributed by atoms with van der Waals surface area (Å²) in [7, 11) is 1.69. The van der Waals surface area contributed by atoms with Gasteiger partial charge in [0.2, 0.25) is 5.92 Å². The first-order valence-electron chi connectivity index (χ1n) is 7.25. The van der Waals surface area contributed by atoms with Gasteiger partial charge in [-0.25, -0.2) is 13.6 Å². The quantitative estimate of drug-likeness (QED) is 0.931. The molecule has 7 heteroatoms.